The number of carbonyl (C=O) groups excluding carboxylic acids is 2. The molecule has 0 heterocycles. The molecule has 1 atom stereocenters. The maximum Gasteiger partial charge on any atom is 0.229 e. The van der Waals surface area contributed by atoms with Crippen molar-refractivity contribution in [1.29, 1.82) is 0 Å². The summed E-state index contributed by atoms with van der Waals surface area (Å²) in [5, 5.41) is 1.75. The Labute approximate surface area is 260 Å². The van der Waals surface area contributed by atoms with Crippen LogP contribution in [0.4, 0.5) is 0 Å². The first-order chi connectivity index (χ1) is 21.4. The molecule has 0 bridgehead atoms. The maximum atomic E-state index is 13.6. The first-order valence-electron chi connectivity index (χ1n) is 15.1. The Morgan fingerprint density at radius 1 is 0.455 bits per heavy atom. The average Bonchev–Trinajstić information content (AvgIpc) is 3.11. The zero-order valence-corrected chi connectivity index (χ0v) is 25.5. The van der Waals surface area contributed by atoms with Gasteiger partial charge in [0.05, 0.1) is 0 Å². The van der Waals surface area contributed by atoms with Gasteiger partial charge in [0.2, 0.25) is 11.6 Å². The molecule has 2 nitrogen and oxygen atoms in total. The van der Waals surface area contributed by atoms with E-state index < -0.39 is 17.5 Å². The van der Waals surface area contributed by atoms with Gasteiger partial charge in [-0.3, -0.25) is 9.59 Å². The summed E-state index contributed by atoms with van der Waals surface area (Å²) in [6.07, 6.45) is 0. The van der Waals surface area contributed by atoms with Gasteiger partial charge in [0.25, 0.3) is 0 Å². The van der Waals surface area contributed by atoms with Crippen molar-refractivity contribution < 1.29 is 9.59 Å². The highest BCUT2D eigenvalue weighted by Crippen LogP contribution is 2.31. The van der Waals surface area contributed by atoms with Crippen molar-refractivity contribution in [3.05, 3.63) is 179 Å². The standard InChI is InChI=1S/C40H30O2.C2H6/c1-26-27(2)39(41)40(42)28(3)38(34-24-20-32(21-25-34)30-14-8-5-9-15-30)36-17-11-10-16-35(36)37(26)33-22-18-31(19-23-33)29-12-6-4-7-13-29;1-2/h4-25,27H,1,3H2,2H3;1-2H3/b37-35+,38-36+;. The second-order valence-electron chi connectivity index (χ2n) is 10.6. The molecule has 6 rings (SSSR count). The van der Waals surface area contributed by atoms with Gasteiger partial charge >= 0.3 is 0 Å². The van der Waals surface area contributed by atoms with Crippen LogP contribution in [0.3, 0.4) is 0 Å². The number of fused-ring (bicyclic) bond motifs is 1. The van der Waals surface area contributed by atoms with E-state index in [4.69, 9.17) is 0 Å². The molecule has 0 radical (unpaired) electrons. The van der Waals surface area contributed by atoms with Gasteiger partial charge in [0, 0.05) is 17.1 Å². The minimum absolute atomic E-state index is 0.195. The smallest absolute Gasteiger partial charge is 0.229 e. The summed E-state index contributed by atoms with van der Waals surface area (Å²) in [6, 6.07) is 44.7. The minimum atomic E-state index is -0.703. The van der Waals surface area contributed by atoms with Crippen molar-refractivity contribution in [3.8, 4) is 22.3 Å². The number of benzene rings is 5. The van der Waals surface area contributed by atoms with Gasteiger partial charge in [0.1, 0.15) is 0 Å². The number of hydrogen-bond donors (Lipinski definition) is 0. The number of allylic oxidation sites excluding steroid dienone is 2. The van der Waals surface area contributed by atoms with E-state index in [2.05, 4.69) is 61.7 Å². The van der Waals surface area contributed by atoms with Crippen LogP contribution in [0.25, 0.3) is 33.4 Å². The number of Topliss-reactive ketones (excluding diaryl/α,β-unsaturated/α-hetero) is 2. The van der Waals surface area contributed by atoms with Crippen LogP contribution < -0.4 is 10.4 Å². The lowest BCUT2D eigenvalue weighted by molar-refractivity contribution is -0.135. The summed E-state index contributed by atoms with van der Waals surface area (Å²) in [7, 11) is 0. The summed E-state index contributed by atoms with van der Waals surface area (Å²) in [6.45, 7) is 14.3. The van der Waals surface area contributed by atoms with E-state index in [1.165, 1.54) is 0 Å². The predicted octanol–water partition coefficient (Wildman–Crippen LogP) is 8.35. The molecule has 2 heteroatoms. The monoisotopic (exact) mass is 572 g/mol. The van der Waals surface area contributed by atoms with Crippen LogP contribution in [0.1, 0.15) is 31.9 Å². The van der Waals surface area contributed by atoms with Gasteiger partial charge in [-0.1, -0.05) is 167 Å². The highest BCUT2D eigenvalue weighted by molar-refractivity contribution is 6.48. The van der Waals surface area contributed by atoms with Crippen molar-refractivity contribution in [2.45, 2.75) is 20.8 Å². The van der Waals surface area contributed by atoms with Gasteiger partial charge in [-0.05, 0) is 55.0 Å². The third kappa shape index (κ3) is 5.80. The Bertz CT molecular complexity index is 1960. The fourth-order valence-corrected chi connectivity index (χ4v) is 5.68. The van der Waals surface area contributed by atoms with Gasteiger partial charge in [-0.15, -0.1) is 0 Å². The normalized spacial score (nSPS) is 17.5. The fourth-order valence-electron chi connectivity index (χ4n) is 5.68. The van der Waals surface area contributed by atoms with E-state index in [0.717, 1.165) is 49.4 Å². The third-order valence-electron chi connectivity index (χ3n) is 8.06. The van der Waals surface area contributed by atoms with Gasteiger partial charge in [0.15, 0.2) is 0 Å². The third-order valence-corrected chi connectivity index (χ3v) is 8.06. The van der Waals surface area contributed by atoms with Crippen molar-refractivity contribution >= 4 is 22.7 Å². The van der Waals surface area contributed by atoms with Gasteiger partial charge < -0.3 is 0 Å². The molecule has 0 aliphatic heterocycles. The molecule has 216 valence electrons. The van der Waals surface area contributed by atoms with Crippen LogP contribution in [0.15, 0.2) is 158 Å². The van der Waals surface area contributed by atoms with E-state index in [-0.39, 0.29) is 5.57 Å². The summed E-state index contributed by atoms with van der Waals surface area (Å²) in [4.78, 5) is 27.2. The molecule has 0 N–H and O–H groups in total. The molecule has 1 aliphatic rings. The molecule has 5 aromatic rings. The minimum Gasteiger partial charge on any atom is -0.290 e. The molecule has 44 heavy (non-hydrogen) atoms. The maximum absolute atomic E-state index is 13.6. The van der Waals surface area contributed by atoms with Crippen LogP contribution in [-0.2, 0) is 9.59 Å². The van der Waals surface area contributed by atoms with E-state index in [1.54, 1.807) is 6.92 Å². The molecule has 0 amide bonds. The zero-order chi connectivity index (χ0) is 31.2. The van der Waals surface area contributed by atoms with Crippen molar-refractivity contribution in [2.75, 3.05) is 0 Å². The number of carbonyl (C=O) groups is 2. The Morgan fingerprint density at radius 2 is 0.795 bits per heavy atom. The highest BCUT2D eigenvalue weighted by Gasteiger charge is 2.31. The quantitative estimate of drug-likeness (QED) is 0.160. The lowest BCUT2D eigenvalue weighted by Crippen LogP contribution is -2.31. The Kier molecular flexibility index (Phi) is 9.12. The summed E-state index contributed by atoms with van der Waals surface area (Å²) < 4.78 is 0. The molecule has 5 aromatic carbocycles. The molecular weight excluding hydrogens is 536 g/mol. The highest BCUT2D eigenvalue weighted by atomic mass is 16.2. The lowest BCUT2D eigenvalue weighted by Gasteiger charge is -2.17. The van der Waals surface area contributed by atoms with Gasteiger partial charge in [-0.25, -0.2) is 0 Å². The van der Waals surface area contributed by atoms with Crippen LogP contribution in [0.2, 0.25) is 0 Å². The van der Waals surface area contributed by atoms with E-state index in [1.807, 2.05) is 98.8 Å². The second-order valence-corrected chi connectivity index (χ2v) is 10.6. The first kappa shape index (κ1) is 30.1. The van der Waals surface area contributed by atoms with Gasteiger partial charge in [-0.2, -0.15) is 0 Å². The summed E-state index contributed by atoms with van der Waals surface area (Å²) >= 11 is 0. The summed E-state index contributed by atoms with van der Waals surface area (Å²) in [5.74, 6) is -1.79. The zero-order valence-electron chi connectivity index (χ0n) is 25.5. The molecule has 1 unspecified atom stereocenters. The van der Waals surface area contributed by atoms with Crippen molar-refractivity contribution in [3.63, 3.8) is 0 Å². The van der Waals surface area contributed by atoms with E-state index >= 15 is 0 Å². The average molecular weight is 573 g/mol. The van der Waals surface area contributed by atoms with Crippen LogP contribution >= 0.6 is 0 Å². The number of ketones is 2. The Balaban J connectivity index is 0.00000188. The van der Waals surface area contributed by atoms with Crippen molar-refractivity contribution in [2.24, 2.45) is 5.92 Å². The molecule has 0 saturated heterocycles. The van der Waals surface area contributed by atoms with E-state index in [0.29, 0.717) is 11.1 Å². The van der Waals surface area contributed by atoms with Crippen LogP contribution in [-0.4, -0.2) is 11.6 Å². The fraction of sp³-hybridized carbons (Fsp3) is 0.0952. The molecule has 0 fully saturated rings. The SMILES string of the molecule is C=C1C(=O)C(=O)C(C)C(=C)/C(c2ccc(-c3ccccc3)cc2)=c2/cccc/c2=C/1c1ccc(-c2ccccc2)cc1.CC. The van der Waals surface area contributed by atoms with Crippen LogP contribution in [0, 0.1) is 5.92 Å². The Morgan fingerprint density at radius 3 is 1.25 bits per heavy atom. The van der Waals surface area contributed by atoms with Crippen molar-refractivity contribution in [1.82, 2.24) is 0 Å². The predicted molar refractivity (Wildman–Crippen MR) is 183 cm³/mol. The first-order valence-corrected chi connectivity index (χ1v) is 15.1. The lowest BCUT2D eigenvalue weighted by atomic mass is 9.84. The largest absolute Gasteiger partial charge is 0.290 e. The molecular formula is C42H36O2. The topological polar surface area (TPSA) is 34.1 Å². The van der Waals surface area contributed by atoms with Crippen LogP contribution in [0.5, 0.6) is 0 Å². The molecule has 0 spiro atoms. The number of rotatable bonds is 4. The second kappa shape index (κ2) is 13.3. The summed E-state index contributed by atoms with van der Waals surface area (Å²) in [5.41, 5.74) is 8.48. The van der Waals surface area contributed by atoms with E-state index in [9.17, 15) is 9.59 Å². The number of hydrogen-bond acceptors (Lipinski definition) is 2. The molecule has 0 aromatic heterocycles. The molecule has 0 saturated carbocycles. The Hall–Kier alpha value is -5.34. The molecule has 1 aliphatic carbocycles.